The second-order valence-electron chi connectivity index (χ2n) is 9.63. The monoisotopic (exact) mass is 352 g/mol. The summed E-state index contributed by atoms with van der Waals surface area (Å²) in [7, 11) is 3.44. The Morgan fingerprint density at radius 3 is 2.40 bits per heavy atom. The summed E-state index contributed by atoms with van der Waals surface area (Å²) in [5.41, 5.74) is -0.885. The Bertz CT molecular complexity index is 534. The Morgan fingerprint density at radius 2 is 1.80 bits per heavy atom. The molecule has 0 aromatic carbocycles. The summed E-state index contributed by atoms with van der Waals surface area (Å²) in [5.74, 6) is 0.919. The third-order valence-electron chi connectivity index (χ3n) is 8.64. The predicted octanol–water partition coefficient (Wildman–Crippen LogP) is 3.46. The van der Waals surface area contributed by atoms with Crippen molar-refractivity contribution in [1.29, 1.82) is 0 Å². The number of carbonyl (C=O) groups is 1. The number of hydrogen-bond donors (Lipinski definition) is 1. The molecule has 2 unspecified atom stereocenters. The summed E-state index contributed by atoms with van der Waals surface area (Å²) >= 11 is 0. The van der Waals surface area contributed by atoms with Crippen molar-refractivity contribution >= 4 is 5.78 Å². The maximum absolute atomic E-state index is 13.5. The van der Waals surface area contributed by atoms with Crippen molar-refractivity contribution in [1.82, 2.24) is 0 Å². The Morgan fingerprint density at radius 1 is 1.16 bits per heavy atom. The zero-order valence-electron chi connectivity index (χ0n) is 16.8. The maximum Gasteiger partial charge on any atom is 0.144 e. The molecule has 0 amide bonds. The molecule has 4 heteroatoms. The highest BCUT2D eigenvalue weighted by Gasteiger charge is 2.67. The van der Waals surface area contributed by atoms with Crippen molar-refractivity contribution < 1.29 is 19.4 Å². The van der Waals surface area contributed by atoms with Gasteiger partial charge in [-0.2, -0.15) is 0 Å². The van der Waals surface area contributed by atoms with Crippen LogP contribution < -0.4 is 0 Å². The van der Waals surface area contributed by atoms with Gasteiger partial charge in [-0.25, -0.2) is 0 Å². The van der Waals surface area contributed by atoms with E-state index in [0.717, 1.165) is 25.7 Å². The second-order valence-corrected chi connectivity index (χ2v) is 9.63. The number of methoxy groups -OCH3 is 2. The molecule has 0 saturated heterocycles. The van der Waals surface area contributed by atoms with E-state index in [4.69, 9.17) is 9.47 Å². The second kappa shape index (κ2) is 6.31. The van der Waals surface area contributed by atoms with Crippen molar-refractivity contribution in [3.8, 4) is 0 Å². The van der Waals surface area contributed by atoms with Crippen LogP contribution in [-0.4, -0.2) is 43.9 Å². The van der Waals surface area contributed by atoms with Gasteiger partial charge in [0.1, 0.15) is 5.78 Å². The SMILES string of the molecule is COC[C@]1(C)C[C@@H](O)[C@@]2(C)C3[C@H](OC)CCC3(CC[C@H]2C)[C@@H](C)C1=O. The zero-order chi connectivity index (χ0) is 18.6. The molecule has 3 saturated carbocycles. The van der Waals surface area contributed by atoms with E-state index in [9.17, 15) is 9.90 Å². The van der Waals surface area contributed by atoms with Crippen molar-refractivity contribution in [2.75, 3.05) is 20.8 Å². The van der Waals surface area contributed by atoms with Crippen molar-refractivity contribution in [3.63, 3.8) is 0 Å². The Hall–Kier alpha value is -0.450. The highest BCUT2D eigenvalue weighted by Crippen LogP contribution is 2.68. The standard InChI is InChI=1S/C21H36O4/c1-13-7-9-21-10-8-15(25-6)17(21)20(13,4)16(22)11-19(3,12-24-5)18(23)14(21)2/h13-17,22H,7-12H2,1-6H3/t13-,14+,15-,16-,17?,19+,20+,21?/m1/s1. The van der Waals surface area contributed by atoms with Crippen LogP contribution in [0.1, 0.15) is 59.8 Å². The lowest BCUT2D eigenvalue weighted by Crippen LogP contribution is -2.62. The molecule has 3 aliphatic carbocycles. The number of rotatable bonds is 3. The summed E-state index contributed by atoms with van der Waals surface area (Å²) in [6.45, 7) is 9.04. The van der Waals surface area contributed by atoms with Gasteiger partial charge in [-0.15, -0.1) is 0 Å². The van der Waals surface area contributed by atoms with Gasteiger partial charge in [-0.3, -0.25) is 4.79 Å². The molecular formula is C21H36O4. The smallest absolute Gasteiger partial charge is 0.144 e. The lowest BCUT2D eigenvalue weighted by atomic mass is 9.44. The predicted molar refractivity (Wildman–Crippen MR) is 97.2 cm³/mol. The van der Waals surface area contributed by atoms with Crippen LogP contribution in [0.5, 0.6) is 0 Å². The van der Waals surface area contributed by atoms with E-state index in [0.29, 0.717) is 18.9 Å². The minimum absolute atomic E-state index is 0.0166. The fourth-order valence-corrected chi connectivity index (χ4v) is 6.98. The number of carbonyl (C=O) groups excluding carboxylic acids is 1. The fourth-order valence-electron chi connectivity index (χ4n) is 6.98. The number of ketones is 1. The van der Waals surface area contributed by atoms with Gasteiger partial charge in [-0.1, -0.05) is 27.7 Å². The number of hydrogen-bond acceptors (Lipinski definition) is 4. The highest BCUT2D eigenvalue weighted by atomic mass is 16.5. The Kier molecular flexibility index (Phi) is 4.88. The Labute approximate surface area is 152 Å². The summed E-state index contributed by atoms with van der Waals surface area (Å²) in [6, 6.07) is 0. The number of aliphatic hydroxyl groups excluding tert-OH is 1. The largest absolute Gasteiger partial charge is 0.393 e. The van der Waals surface area contributed by atoms with E-state index in [1.165, 1.54) is 0 Å². The number of ether oxygens (including phenoxy) is 2. The average molecular weight is 353 g/mol. The maximum atomic E-state index is 13.5. The molecular weight excluding hydrogens is 316 g/mol. The van der Waals surface area contributed by atoms with E-state index < -0.39 is 11.5 Å². The van der Waals surface area contributed by atoms with Crippen LogP contribution in [0.25, 0.3) is 0 Å². The van der Waals surface area contributed by atoms with Crippen LogP contribution in [0.4, 0.5) is 0 Å². The molecule has 3 aliphatic rings. The first kappa shape index (κ1) is 19.3. The quantitative estimate of drug-likeness (QED) is 0.845. The third kappa shape index (κ3) is 2.47. The zero-order valence-corrected chi connectivity index (χ0v) is 16.8. The van der Waals surface area contributed by atoms with Crippen LogP contribution in [0.15, 0.2) is 0 Å². The van der Waals surface area contributed by atoms with Gasteiger partial charge in [0.15, 0.2) is 0 Å². The number of aliphatic hydroxyl groups is 1. The molecule has 0 aromatic rings. The summed E-state index contributed by atoms with van der Waals surface area (Å²) < 4.78 is 11.3. The van der Waals surface area contributed by atoms with Crippen molar-refractivity contribution in [2.24, 2.45) is 34.0 Å². The first-order chi connectivity index (χ1) is 11.7. The molecule has 1 N–H and O–H groups in total. The van der Waals surface area contributed by atoms with Gasteiger partial charge in [0.05, 0.1) is 24.2 Å². The first-order valence-electron chi connectivity index (χ1n) is 9.91. The molecule has 0 aliphatic heterocycles. The minimum atomic E-state index is -0.616. The molecule has 8 atom stereocenters. The molecule has 3 rings (SSSR count). The molecule has 25 heavy (non-hydrogen) atoms. The third-order valence-corrected chi connectivity index (χ3v) is 8.64. The van der Waals surface area contributed by atoms with Crippen LogP contribution >= 0.6 is 0 Å². The molecule has 0 radical (unpaired) electrons. The normalized spacial score (nSPS) is 53.2. The van der Waals surface area contributed by atoms with E-state index in [2.05, 4.69) is 20.8 Å². The molecule has 0 spiro atoms. The summed E-state index contributed by atoms with van der Waals surface area (Å²) in [4.78, 5) is 13.5. The van der Waals surface area contributed by atoms with Crippen LogP contribution in [0.3, 0.4) is 0 Å². The van der Waals surface area contributed by atoms with Crippen LogP contribution in [0, 0.1) is 34.0 Å². The molecule has 4 nitrogen and oxygen atoms in total. The fraction of sp³-hybridized carbons (Fsp3) is 0.952. The topological polar surface area (TPSA) is 55.8 Å². The van der Waals surface area contributed by atoms with Gasteiger partial charge >= 0.3 is 0 Å². The van der Waals surface area contributed by atoms with E-state index in [-0.39, 0.29) is 34.6 Å². The van der Waals surface area contributed by atoms with Crippen LogP contribution in [0.2, 0.25) is 0 Å². The van der Waals surface area contributed by atoms with E-state index in [1.807, 2.05) is 6.92 Å². The first-order valence-corrected chi connectivity index (χ1v) is 9.91. The molecule has 3 fully saturated rings. The van der Waals surface area contributed by atoms with Gasteiger partial charge in [0.25, 0.3) is 0 Å². The van der Waals surface area contributed by atoms with Gasteiger partial charge in [0, 0.05) is 25.6 Å². The Balaban J connectivity index is 2.16. The summed E-state index contributed by atoms with van der Waals surface area (Å²) in [5, 5.41) is 11.4. The van der Waals surface area contributed by atoms with Crippen LogP contribution in [-0.2, 0) is 14.3 Å². The molecule has 0 heterocycles. The van der Waals surface area contributed by atoms with Gasteiger partial charge in [0.2, 0.25) is 0 Å². The highest BCUT2D eigenvalue weighted by molar-refractivity contribution is 5.87. The molecule has 144 valence electrons. The van der Waals surface area contributed by atoms with Crippen molar-refractivity contribution in [2.45, 2.75) is 72.0 Å². The van der Waals surface area contributed by atoms with Crippen molar-refractivity contribution in [3.05, 3.63) is 0 Å². The number of Topliss-reactive ketones (excluding diaryl/α,β-unsaturated/α-hetero) is 1. The summed E-state index contributed by atoms with van der Waals surface area (Å²) in [6.07, 6.45) is 4.28. The average Bonchev–Trinajstić information content (AvgIpc) is 2.97. The van der Waals surface area contributed by atoms with E-state index in [1.54, 1.807) is 14.2 Å². The van der Waals surface area contributed by atoms with Gasteiger partial charge < -0.3 is 14.6 Å². The van der Waals surface area contributed by atoms with Gasteiger partial charge in [-0.05, 0) is 49.4 Å². The molecule has 0 aromatic heterocycles. The van der Waals surface area contributed by atoms with E-state index >= 15 is 0 Å². The molecule has 2 bridgehead atoms. The lowest BCUT2D eigenvalue weighted by molar-refractivity contribution is -0.194. The lowest BCUT2D eigenvalue weighted by Gasteiger charge is -2.61. The minimum Gasteiger partial charge on any atom is -0.393 e.